The molecule has 84 valence electrons. The third kappa shape index (κ3) is 4.05. The van der Waals surface area contributed by atoms with Crippen LogP contribution in [0, 0.1) is 0 Å². The molecule has 0 atom stereocenters. The molecule has 15 heavy (non-hydrogen) atoms. The van der Waals surface area contributed by atoms with E-state index in [1.807, 2.05) is 6.07 Å². The van der Waals surface area contributed by atoms with E-state index >= 15 is 0 Å². The van der Waals surface area contributed by atoms with E-state index in [0.29, 0.717) is 5.28 Å². The Labute approximate surface area is 109 Å². The molecule has 0 amide bonds. The molecule has 0 radical (unpaired) electrons. The van der Waals surface area contributed by atoms with Gasteiger partial charge in [-0.05, 0) is 17.7 Å². The van der Waals surface area contributed by atoms with E-state index in [-0.39, 0.29) is 28.5 Å². The van der Waals surface area contributed by atoms with Crippen molar-refractivity contribution in [3.63, 3.8) is 0 Å². The molecule has 0 aliphatic carbocycles. The van der Waals surface area contributed by atoms with E-state index in [4.69, 9.17) is 16.3 Å². The molecule has 0 aromatic carbocycles. The minimum Gasteiger partial charge on any atom is -0.378 e. The van der Waals surface area contributed by atoms with Crippen LogP contribution >= 0.6 is 11.6 Å². The molecule has 6 heteroatoms. The van der Waals surface area contributed by atoms with Crippen molar-refractivity contribution in [2.24, 2.45) is 0 Å². The first-order chi connectivity index (χ1) is 6.36. The molecule has 0 saturated carbocycles. The molecule has 4 nitrogen and oxygen atoms in total. The Kier molecular flexibility index (Phi) is 7.06. The fourth-order valence-corrected chi connectivity index (χ4v) is 1.44. The summed E-state index contributed by atoms with van der Waals surface area (Å²) >= 11 is 5.68. The van der Waals surface area contributed by atoms with Gasteiger partial charge < -0.3 is 9.64 Å². The largest absolute Gasteiger partial charge is 0.378 e. The number of rotatable bonds is 1. The minimum absolute atomic E-state index is 0. The molecule has 1 aromatic rings. The zero-order valence-electron chi connectivity index (χ0n) is 7.52. The van der Waals surface area contributed by atoms with Gasteiger partial charge in [0.25, 0.3) is 0 Å². The second kappa shape index (κ2) is 7.15. The second-order valence-corrected chi connectivity index (χ2v) is 3.12. The monoisotopic (exact) mass is 399 g/mol. The Balaban J connectivity index is 0.000000980. The van der Waals surface area contributed by atoms with Crippen molar-refractivity contribution in [2.45, 2.75) is 7.43 Å². The Morgan fingerprint density at radius 2 is 2.00 bits per heavy atom. The number of nitrogens with zero attached hydrogens (tertiary/aromatic N) is 3. The summed E-state index contributed by atoms with van der Waals surface area (Å²) in [6.45, 7) is 3.24. The molecule has 2 rings (SSSR count). The van der Waals surface area contributed by atoms with Crippen molar-refractivity contribution in [1.29, 1.82) is 0 Å². The zero-order valence-corrected chi connectivity index (χ0v) is 11.2. The minimum atomic E-state index is 0. The van der Waals surface area contributed by atoms with Crippen molar-refractivity contribution in [2.75, 3.05) is 31.2 Å². The first kappa shape index (κ1) is 14.8. The maximum Gasteiger partial charge on any atom is 0.224 e. The number of aromatic nitrogens is 2. The molecule has 2 heterocycles. The predicted octanol–water partition coefficient (Wildman–Crippen LogP) is 1.60. The van der Waals surface area contributed by atoms with Crippen molar-refractivity contribution in [3.8, 4) is 0 Å². The first-order valence-corrected chi connectivity index (χ1v) is 4.55. The third-order valence-corrected chi connectivity index (χ3v) is 2.13. The first-order valence-electron chi connectivity index (χ1n) is 4.17. The molecule has 0 spiro atoms. The van der Waals surface area contributed by atoms with Gasteiger partial charge in [0.1, 0.15) is 5.82 Å². The maximum absolute atomic E-state index is 5.68. The van der Waals surface area contributed by atoms with E-state index in [1.54, 1.807) is 6.20 Å². The van der Waals surface area contributed by atoms with E-state index in [0.717, 1.165) is 32.1 Å². The van der Waals surface area contributed by atoms with Crippen LogP contribution in [-0.4, -0.2) is 36.3 Å². The standard InChI is InChI=1S/C8H10ClN3O.CH4.W/c9-8-10-2-1-7(11-8)12-3-5-13-6-4-12;;/h1-2H,3-6H2;1H4;. The summed E-state index contributed by atoms with van der Waals surface area (Å²) in [5.41, 5.74) is 0. The fourth-order valence-electron chi connectivity index (χ4n) is 1.29. The summed E-state index contributed by atoms with van der Waals surface area (Å²) in [5.74, 6) is 0.878. The number of hydrogen-bond donors (Lipinski definition) is 0. The van der Waals surface area contributed by atoms with Gasteiger partial charge in [0.05, 0.1) is 13.2 Å². The SMILES string of the molecule is C.Clc1nccc(N2CCOCC2)n1.[W]. The molecule has 0 N–H and O–H groups in total. The maximum atomic E-state index is 5.68. The quantitative estimate of drug-likeness (QED) is 0.673. The normalized spacial score (nSPS) is 15.1. The van der Waals surface area contributed by atoms with Crippen molar-refractivity contribution >= 4 is 17.4 Å². The van der Waals surface area contributed by atoms with Gasteiger partial charge in [0.15, 0.2) is 0 Å². The molecule has 1 aliphatic heterocycles. The van der Waals surface area contributed by atoms with Gasteiger partial charge in [0.2, 0.25) is 5.28 Å². The van der Waals surface area contributed by atoms with Crippen LogP contribution in [-0.2, 0) is 25.8 Å². The van der Waals surface area contributed by atoms with E-state index in [1.165, 1.54) is 0 Å². The third-order valence-electron chi connectivity index (χ3n) is 1.95. The van der Waals surface area contributed by atoms with Crippen LogP contribution in [0.3, 0.4) is 0 Å². The smallest absolute Gasteiger partial charge is 0.224 e. The van der Waals surface area contributed by atoms with Crippen molar-refractivity contribution in [3.05, 3.63) is 17.5 Å². The van der Waals surface area contributed by atoms with Crippen molar-refractivity contribution < 1.29 is 25.8 Å². The number of ether oxygens (including phenoxy) is 1. The Hall–Kier alpha value is -0.182. The summed E-state index contributed by atoms with van der Waals surface area (Å²) < 4.78 is 5.23. The van der Waals surface area contributed by atoms with Crippen LogP contribution < -0.4 is 4.90 Å². The average molecular weight is 400 g/mol. The fraction of sp³-hybridized carbons (Fsp3) is 0.556. The number of morpholine rings is 1. The Bertz CT molecular complexity index is 294. The molecule has 1 saturated heterocycles. The van der Waals surface area contributed by atoms with Crippen molar-refractivity contribution in [1.82, 2.24) is 9.97 Å². The number of halogens is 1. The molecule has 1 fully saturated rings. The molecule has 0 unspecified atom stereocenters. The van der Waals surface area contributed by atoms with Crippen LogP contribution in [0.4, 0.5) is 5.82 Å². The number of hydrogen-bond acceptors (Lipinski definition) is 4. The summed E-state index contributed by atoms with van der Waals surface area (Å²) in [6, 6.07) is 1.86. The van der Waals surface area contributed by atoms with Gasteiger partial charge in [0, 0.05) is 40.4 Å². The molecule has 1 aliphatic rings. The summed E-state index contributed by atoms with van der Waals surface area (Å²) in [4.78, 5) is 10.1. The van der Waals surface area contributed by atoms with E-state index in [2.05, 4.69) is 14.9 Å². The van der Waals surface area contributed by atoms with Gasteiger partial charge in [-0.25, -0.2) is 9.97 Å². The molecular weight excluding hydrogens is 385 g/mol. The van der Waals surface area contributed by atoms with Gasteiger partial charge in [-0.15, -0.1) is 0 Å². The van der Waals surface area contributed by atoms with Crippen LogP contribution in [0.1, 0.15) is 7.43 Å². The molecular formula is C9H14ClN3OW. The summed E-state index contributed by atoms with van der Waals surface area (Å²) in [6.07, 6.45) is 1.67. The van der Waals surface area contributed by atoms with Gasteiger partial charge >= 0.3 is 0 Å². The average Bonchev–Trinajstić information content (AvgIpc) is 2.19. The topological polar surface area (TPSA) is 38.2 Å². The zero-order chi connectivity index (χ0) is 9.10. The van der Waals surface area contributed by atoms with Gasteiger partial charge in [-0.3, -0.25) is 0 Å². The Morgan fingerprint density at radius 1 is 1.33 bits per heavy atom. The van der Waals surface area contributed by atoms with Gasteiger partial charge in [-0.1, -0.05) is 7.43 Å². The van der Waals surface area contributed by atoms with Crippen LogP contribution in [0.25, 0.3) is 0 Å². The van der Waals surface area contributed by atoms with Crippen LogP contribution in [0.2, 0.25) is 5.28 Å². The molecule has 1 aromatic heterocycles. The van der Waals surface area contributed by atoms with Gasteiger partial charge in [-0.2, -0.15) is 0 Å². The summed E-state index contributed by atoms with van der Waals surface area (Å²) in [5, 5.41) is 0.295. The van der Waals surface area contributed by atoms with Crippen LogP contribution in [0.15, 0.2) is 12.3 Å². The Morgan fingerprint density at radius 3 is 2.60 bits per heavy atom. The molecule has 0 bridgehead atoms. The number of anilines is 1. The van der Waals surface area contributed by atoms with Crippen LogP contribution in [0.5, 0.6) is 0 Å². The van der Waals surface area contributed by atoms with E-state index in [9.17, 15) is 0 Å². The van der Waals surface area contributed by atoms with E-state index < -0.39 is 0 Å². The predicted molar refractivity (Wildman–Crippen MR) is 56.8 cm³/mol. The summed E-state index contributed by atoms with van der Waals surface area (Å²) in [7, 11) is 0. The second-order valence-electron chi connectivity index (χ2n) is 2.78.